The summed E-state index contributed by atoms with van der Waals surface area (Å²) < 4.78 is 1.17. The van der Waals surface area contributed by atoms with Crippen molar-refractivity contribution in [3.8, 4) is 0 Å². The summed E-state index contributed by atoms with van der Waals surface area (Å²) in [4.78, 5) is 1.40. The summed E-state index contributed by atoms with van der Waals surface area (Å²) in [6.45, 7) is 9.90. The highest BCUT2D eigenvalue weighted by atomic mass is 79.9. The summed E-state index contributed by atoms with van der Waals surface area (Å²) in [5, 5.41) is 3.49. The molecule has 0 aliphatic heterocycles. The summed E-state index contributed by atoms with van der Waals surface area (Å²) in [5.74, 6) is 1.97. The molecule has 0 bridgehead atoms. The lowest BCUT2D eigenvalue weighted by Gasteiger charge is -2.14. The Kier molecular flexibility index (Phi) is 7.35. The highest BCUT2D eigenvalue weighted by molar-refractivity contribution is 9.10. The topological polar surface area (TPSA) is 12.0 Å². The molecule has 0 spiro atoms. The predicted molar refractivity (Wildman–Crippen MR) is 86.3 cm³/mol. The molecule has 1 aromatic carbocycles. The van der Waals surface area contributed by atoms with E-state index in [2.05, 4.69) is 67.1 Å². The van der Waals surface area contributed by atoms with E-state index in [1.807, 2.05) is 11.8 Å². The predicted octanol–water partition coefficient (Wildman–Crippen LogP) is 5.09. The van der Waals surface area contributed by atoms with Gasteiger partial charge in [-0.05, 0) is 23.6 Å². The molecule has 1 aromatic rings. The van der Waals surface area contributed by atoms with Crippen LogP contribution in [0.4, 0.5) is 0 Å². The van der Waals surface area contributed by atoms with Crippen LogP contribution in [0.5, 0.6) is 0 Å². The largest absolute Gasteiger partial charge is 0.310 e. The molecule has 1 N–H and O–H groups in total. The molecule has 102 valence electrons. The van der Waals surface area contributed by atoms with Crippen LogP contribution in [0.2, 0.25) is 0 Å². The van der Waals surface area contributed by atoms with Crippen LogP contribution < -0.4 is 5.32 Å². The van der Waals surface area contributed by atoms with E-state index in [1.165, 1.54) is 27.1 Å². The zero-order valence-electron chi connectivity index (χ0n) is 11.8. The van der Waals surface area contributed by atoms with Gasteiger partial charge in [-0.3, -0.25) is 0 Å². The maximum absolute atomic E-state index is 3.57. The average Bonchev–Trinajstić information content (AvgIpc) is 2.34. The monoisotopic (exact) mass is 329 g/mol. The quantitative estimate of drug-likeness (QED) is 0.699. The molecular formula is C15H24BrNS. The lowest BCUT2D eigenvalue weighted by atomic mass is 10.2. The molecule has 18 heavy (non-hydrogen) atoms. The van der Waals surface area contributed by atoms with Gasteiger partial charge in [0.25, 0.3) is 0 Å². The van der Waals surface area contributed by atoms with Gasteiger partial charge in [-0.15, -0.1) is 11.8 Å². The van der Waals surface area contributed by atoms with Crippen LogP contribution >= 0.6 is 27.7 Å². The van der Waals surface area contributed by atoms with Gasteiger partial charge >= 0.3 is 0 Å². The first kappa shape index (κ1) is 16.1. The van der Waals surface area contributed by atoms with E-state index in [0.29, 0.717) is 6.04 Å². The van der Waals surface area contributed by atoms with Crippen molar-refractivity contribution < 1.29 is 0 Å². The van der Waals surface area contributed by atoms with Crippen LogP contribution in [0.25, 0.3) is 0 Å². The summed E-state index contributed by atoms with van der Waals surface area (Å²) in [7, 11) is 0. The minimum atomic E-state index is 0.529. The Bertz CT molecular complexity index is 366. The van der Waals surface area contributed by atoms with Crippen LogP contribution in [0, 0.1) is 5.92 Å². The molecule has 1 atom stereocenters. The van der Waals surface area contributed by atoms with E-state index in [9.17, 15) is 0 Å². The lowest BCUT2D eigenvalue weighted by Crippen LogP contribution is -2.22. The molecule has 1 rings (SSSR count). The molecule has 1 unspecified atom stereocenters. The van der Waals surface area contributed by atoms with Gasteiger partial charge in [-0.2, -0.15) is 0 Å². The lowest BCUT2D eigenvalue weighted by molar-refractivity contribution is 0.584. The highest BCUT2D eigenvalue weighted by Crippen LogP contribution is 2.28. The number of halogens is 1. The third-order valence-corrected chi connectivity index (χ3v) is 4.87. The number of nitrogens with one attached hydrogen (secondary N) is 1. The number of benzene rings is 1. The number of rotatable bonds is 7. The van der Waals surface area contributed by atoms with Gasteiger partial charge in [0, 0.05) is 27.7 Å². The van der Waals surface area contributed by atoms with Crippen molar-refractivity contribution in [1.82, 2.24) is 5.32 Å². The minimum absolute atomic E-state index is 0.529. The first-order chi connectivity index (χ1) is 8.52. The van der Waals surface area contributed by atoms with Gasteiger partial charge in [0.1, 0.15) is 0 Å². The smallest absolute Gasteiger partial charge is 0.0218 e. The van der Waals surface area contributed by atoms with Gasteiger partial charge < -0.3 is 5.32 Å². The van der Waals surface area contributed by atoms with Crippen molar-refractivity contribution in [3.63, 3.8) is 0 Å². The third-order valence-electron chi connectivity index (χ3n) is 2.95. The maximum atomic E-state index is 3.57. The summed E-state index contributed by atoms with van der Waals surface area (Å²) in [5.41, 5.74) is 1.40. The van der Waals surface area contributed by atoms with E-state index < -0.39 is 0 Å². The van der Waals surface area contributed by atoms with Gasteiger partial charge in [-0.25, -0.2) is 0 Å². The molecule has 0 aliphatic carbocycles. The zero-order valence-corrected chi connectivity index (χ0v) is 14.2. The summed E-state index contributed by atoms with van der Waals surface area (Å²) >= 11 is 5.54. The number of hydrogen-bond donors (Lipinski definition) is 1. The van der Waals surface area contributed by atoms with E-state index >= 15 is 0 Å². The first-order valence-corrected chi connectivity index (χ1v) is 8.45. The Balaban J connectivity index is 2.70. The fraction of sp³-hybridized carbons (Fsp3) is 0.600. The molecule has 1 nitrogen and oxygen atoms in total. The van der Waals surface area contributed by atoms with Gasteiger partial charge in [-0.1, -0.05) is 56.1 Å². The highest BCUT2D eigenvalue weighted by Gasteiger charge is 2.07. The van der Waals surface area contributed by atoms with Crippen LogP contribution in [0.3, 0.4) is 0 Å². The van der Waals surface area contributed by atoms with Crippen molar-refractivity contribution >= 4 is 27.7 Å². The fourth-order valence-corrected chi connectivity index (χ4v) is 3.22. The second-order valence-electron chi connectivity index (χ2n) is 5.11. The van der Waals surface area contributed by atoms with E-state index in [1.54, 1.807) is 0 Å². The second-order valence-corrected chi connectivity index (χ2v) is 7.09. The molecule has 0 radical (unpaired) electrons. The number of hydrogen-bond acceptors (Lipinski definition) is 2. The van der Waals surface area contributed by atoms with Crippen LogP contribution in [-0.2, 0) is 6.54 Å². The normalized spacial score (nSPS) is 13.0. The van der Waals surface area contributed by atoms with Gasteiger partial charge in [0.05, 0.1) is 0 Å². The van der Waals surface area contributed by atoms with Crippen LogP contribution in [-0.4, -0.2) is 11.8 Å². The molecule has 0 aliphatic rings. The molecule has 0 heterocycles. The van der Waals surface area contributed by atoms with Crippen molar-refractivity contribution in [2.45, 2.75) is 51.6 Å². The van der Waals surface area contributed by atoms with Crippen molar-refractivity contribution in [1.29, 1.82) is 0 Å². The Morgan fingerprint density at radius 2 is 2.00 bits per heavy atom. The fourth-order valence-electron chi connectivity index (χ4n) is 1.47. The van der Waals surface area contributed by atoms with E-state index in [-0.39, 0.29) is 0 Å². The first-order valence-electron chi connectivity index (χ1n) is 6.67. The molecule has 0 aromatic heterocycles. The Hall–Kier alpha value is 0.01000. The Morgan fingerprint density at radius 3 is 2.61 bits per heavy atom. The van der Waals surface area contributed by atoms with Crippen molar-refractivity contribution in [2.75, 3.05) is 5.75 Å². The standard InChI is InChI=1S/C15H24BrNS/c1-5-12(4)10-18-15-8-14(16)7-6-13(15)9-17-11(2)3/h6-8,11-12,17H,5,9-10H2,1-4H3. The minimum Gasteiger partial charge on any atom is -0.310 e. The maximum Gasteiger partial charge on any atom is 0.0218 e. The summed E-state index contributed by atoms with van der Waals surface area (Å²) in [6.07, 6.45) is 1.25. The number of thioether (sulfide) groups is 1. The summed E-state index contributed by atoms with van der Waals surface area (Å²) in [6, 6.07) is 7.12. The van der Waals surface area contributed by atoms with Crippen LogP contribution in [0.15, 0.2) is 27.6 Å². The average molecular weight is 330 g/mol. The van der Waals surface area contributed by atoms with E-state index in [4.69, 9.17) is 0 Å². The molecular weight excluding hydrogens is 306 g/mol. The van der Waals surface area contributed by atoms with Crippen LogP contribution in [0.1, 0.15) is 39.7 Å². The molecule has 0 fully saturated rings. The SMILES string of the molecule is CCC(C)CSc1cc(Br)ccc1CNC(C)C. The van der Waals surface area contributed by atoms with Crippen molar-refractivity contribution in [3.05, 3.63) is 28.2 Å². The zero-order chi connectivity index (χ0) is 13.5. The Morgan fingerprint density at radius 1 is 1.28 bits per heavy atom. The molecule has 0 saturated carbocycles. The molecule has 3 heteroatoms. The molecule has 0 saturated heterocycles. The van der Waals surface area contributed by atoms with Crippen molar-refractivity contribution in [2.24, 2.45) is 5.92 Å². The molecule has 0 amide bonds. The van der Waals surface area contributed by atoms with E-state index in [0.717, 1.165) is 12.5 Å². The van der Waals surface area contributed by atoms with Gasteiger partial charge in [0.15, 0.2) is 0 Å². The Labute approximate surface area is 124 Å². The van der Waals surface area contributed by atoms with Gasteiger partial charge in [0.2, 0.25) is 0 Å². The third kappa shape index (κ3) is 5.77. The second kappa shape index (κ2) is 8.23.